The monoisotopic (exact) mass is 556 g/mol. The lowest BCUT2D eigenvalue weighted by atomic mass is 9.88. The van der Waals surface area contributed by atoms with E-state index < -0.39 is 26.4 Å². The first kappa shape index (κ1) is 28.5. The van der Waals surface area contributed by atoms with E-state index >= 15 is 0 Å². The summed E-state index contributed by atoms with van der Waals surface area (Å²) in [6.45, 7) is 9.97. The molecule has 1 aromatic carbocycles. The number of sulfonamides is 1. The number of benzene rings is 1. The molecule has 0 atom stereocenters. The van der Waals surface area contributed by atoms with Gasteiger partial charge >= 0.3 is 0 Å². The van der Waals surface area contributed by atoms with Gasteiger partial charge in [-0.05, 0) is 97.5 Å². The van der Waals surface area contributed by atoms with E-state index in [2.05, 4.69) is 41.7 Å². The first-order valence-electron chi connectivity index (χ1n) is 12.8. The number of rotatable bonds is 7. The summed E-state index contributed by atoms with van der Waals surface area (Å²) in [7, 11) is -1.64. The number of hydrogen-bond donors (Lipinski definition) is 3. The maximum Gasteiger partial charge on any atom is 0.237 e. The molecule has 0 amide bonds. The van der Waals surface area contributed by atoms with Gasteiger partial charge in [-0.25, -0.2) is 22.2 Å². The van der Waals surface area contributed by atoms with Crippen molar-refractivity contribution in [2.45, 2.75) is 58.1 Å². The van der Waals surface area contributed by atoms with Crippen LogP contribution in [-0.2, 0) is 10.0 Å². The summed E-state index contributed by atoms with van der Waals surface area (Å²) in [5.74, 6) is -0.782. The highest BCUT2D eigenvalue weighted by Crippen LogP contribution is 2.33. The van der Waals surface area contributed by atoms with Crippen molar-refractivity contribution < 1.29 is 17.2 Å². The number of nitrogens with one attached hydrogen (secondary N) is 3. The van der Waals surface area contributed by atoms with Gasteiger partial charge in [0.05, 0.1) is 16.1 Å². The lowest BCUT2D eigenvalue weighted by Crippen LogP contribution is -2.39. The highest BCUT2D eigenvalue weighted by molar-refractivity contribution is 7.91. The number of nitrogens with zero attached hydrogens (tertiary/aromatic N) is 3. The molecule has 1 fully saturated rings. The number of aryl methyl sites for hydroxylation is 1. The average molecular weight is 557 g/mol. The topological polar surface area (TPSA) is 99.2 Å². The molecule has 4 rings (SSSR count). The summed E-state index contributed by atoms with van der Waals surface area (Å²) in [5, 5.41) is 5.99. The zero-order valence-corrected chi connectivity index (χ0v) is 23.9. The van der Waals surface area contributed by atoms with Gasteiger partial charge < -0.3 is 15.5 Å². The van der Waals surface area contributed by atoms with E-state index in [0.29, 0.717) is 41.2 Å². The molecular formula is C28H34F2N6O2S. The SMILES string of the molecule is CC1=C=C=C(Nc2nc(Nc3cc(F)c(C4CCN(C)CC4)c(F)c3)ncc2C)C=C1NS(=O)(=O)C(C)(C)C. The summed E-state index contributed by atoms with van der Waals surface area (Å²) in [6.07, 6.45) is 4.59. The Morgan fingerprint density at radius 3 is 2.31 bits per heavy atom. The van der Waals surface area contributed by atoms with Crippen LogP contribution in [0.5, 0.6) is 0 Å². The van der Waals surface area contributed by atoms with E-state index in [9.17, 15) is 17.2 Å². The van der Waals surface area contributed by atoms with Crippen LogP contribution in [-0.4, -0.2) is 48.2 Å². The van der Waals surface area contributed by atoms with Crippen LogP contribution in [0, 0.1) is 18.6 Å². The quantitative estimate of drug-likeness (QED) is 0.402. The molecule has 39 heavy (non-hydrogen) atoms. The van der Waals surface area contributed by atoms with Gasteiger partial charge in [0.2, 0.25) is 16.0 Å². The fourth-order valence-electron chi connectivity index (χ4n) is 4.22. The summed E-state index contributed by atoms with van der Waals surface area (Å²) in [5.41, 5.74) is 8.28. The summed E-state index contributed by atoms with van der Waals surface area (Å²) in [4.78, 5) is 10.8. The van der Waals surface area contributed by atoms with Crippen LogP contribution in [0.1, 0.15) is 57.6 Å². The maximum absolute atomic E-state index is 15.0. The molecule has 1 saturated heterocycles. The van der Waals surface area contributed by atoms with Crippen LogP contribution >= 0.6 is 0 Å². The van der Waals surface area contributed by atoms with Gasteiger partial charge in [0.15, 0.2) is 0 Å². The molecule has 3 N–H and O–H groups in total. The van der Waals surface area contributed by atoms with Gasteiger partial charge in [0.25, 0.3) is 0 Å². The van der Waals surface area contributed by atoms with Crippen molar-refractivity contribution in [2.75, 3.05) is 30.8 Å². The zero-order chi connectivity index (χ0) is 28.5. The Morgan fingerprint density at radius 2 is 1.69 bits per heavy atom. The first-order valence-corrected chi connectivity index (χ1v) is 14.2. The number of piperidine rings is 1. The minimum Gasteiger partial charge on any atom is -0.333 e. The van der Waals surface area contributed by atoms with Crippen LogP contribution in [0.15, 0.2) is 52.8 Å². The van der Waals surface area contributed by atoms with Gasteiger partial charge in [0, 0.05) is 28.6 Å². The van der Waals surface area contributed by atoms with E-state index in [1.807, 2.05) is 7.05 Å². The Balaban J connectivity index is 1.53. The fraction of sp³-hybridized carbons (Fsp3) is 0.429. The van der Waals surface area contributed by atoms with Gasteiger partial charge in [-0.2, -0.15) is 4.98 Å². The van der Waals surface area contributed by atoms with Crippen molar-refractivity contribution >= 4 is 27.5 Å². The van der Waals surface area contributed by atoms with E-state index in [1.54, 1.807) is 46.9 Å². The van der Waals surface area contributed by atoms with Crippen molar-refractivity contribution in [3.05, 3.63) is 75.6 Å². The molecule has 0 spiro atoms. The molecule has 1 aliphatic carbocycles. The molecule has 208 valence electrons. The van der Waals surface area contributed by atoms with Crippen LogP contribution in [0.25, 0.3) is 0 Å². The predicted molar refractivity (Wildman–Crippen MR) is 149 cm³/mol. The van der Waals surface area contributed by atoms with E-state index in [1.165, 1.54) is 12.1 Å². The highest BCUT2D eigenvalue weighted by Gasteiger charge is 2.30. The molecule has 0 saturated carbocycles. The maximum atomic E-state index is 15.0. The van der Waals surface area contributed by atoms with E-state index in [-0.39, 0.29) is 23.1 Å². The lowest BCUT2D eigenvalue weighted by molar-refractivity contribution is 0.250. The van der Waals surface area contributed by atoms with Gasteiger partial charge in [0.1, 0.15) is 17.5 Å². The smallest absolute Gasteiger partial charge is 0.237 e. The zero-order valence-electron chi connectivity index (χ0n) is 23.0. The molecule has 1 aliphatic heterocycles. The molecule has 0 radical (unpaired) electrons. The first-order chi connectivity index (χ1) is 18.2. The van der Waals surface area contributed by atoms with Crippen LogP contribution in [0.4, 0.5) is 26.2 Å². The van der Waals surface area contributed by atoms with Crippen molar-refractivity contribution in [1.29, 1.82) is 0 Å². The average Bonchev–Trinajstić information content (AvgIpc) is 2.83. The van der Waals surface area contributed by atoms with Crippen LogP contribution in [0.3, 0.4) is 0 Å². The molecular weight excluding hydrogens is 522 g/mol. The number of likely N-dealkylation sites (tertiary alicyclic amines) is 1. The normalized spacial score (nSPS) is 16.9. The minimum atomic E-state index is -3.64. The second kappa shape index (κ2) is 10.9. The van der Waals surface area contributed by atoms with E-state index in [0.717, 1.165) is 13.1 Å². The number of halogens is 2. The molecule has 8 nitrogen and oxygen atoms in total. The van der Waals surface area contributed by atoms with Gasteiger partial charge in [-0.1, -0.05) is 5.73 Å². The largest absolute Gasteiger partial charge is 0.333 e. The third kappa shape index (κ3) is 6.57. The highest BCUT2D eigenvalue weighted by atomic mass is 32.2. The van der Waals surface area contributed by atoms with Crippen molar-refractivity contribution in [3.8, 4) is 0 Å². The number of allylic oxidation sites excluding steroid dienone is 2. The Bertz CT molecular complexity index is 1500. The van der Waals surface area contributed by atoms with E-state index in [4.69, 9.17) is 0 Å². The molecule has 0 unspecified atom stereocenters. The van der Waals surface area contributed by atoms with Crippen LogP contribution in [0.2, 0.25) is 0 Å². The lowest BCUT2D eigenvalue weighted by Gasteiger charge is -2.29. The molecule has 2 aliphatic rings. The van der Waals surface area contributed by atoms with Crippen molar-refractivity contribution in [3.63, 3.8) is 0 Å². The number of aromatic nitrogens is 2. The Hall–Kier alpha value is -3.49. The molecule has 11 heteroatoms. The molecule has 1 aromatic heterocycles. The van der Waals surface area contributed by atoms with Gasteiger partial charge in [-0.15, -0.1) is 0 Å². The fourth-order valence-corrected chi connectivity index (χ4v) is 5.03. The summed E-state index contributed by atoms with van der Waals surface area (Å²) < 4.78 is 56.9. The van der Waals surface area contributed by atoms with Crippen LogP contribution < -0.4 is 15.4 Å². The Labute approximate surface area is 228 Å². The third-order valence-corrected chi connectivity index (χ3v) is 8.92. The van der Waals surface area contributed by atoms with Crippen molar-refractivity contribution in [2.24, 2.45) is 0 Å². The minimum absolute atomic E-state index is 0.130. The predicted octanol–water partition coefficient (Wildman–Crippen LogP) is 5.23. The van der Waals surface area contributed by atoms with Gasteiger partial charge in [-0.3, -0.25) is 4.72 Å². The van der Waals surface area contributed by atoms with Crippen molar-refractivity contribution in [1.82, 2.24) is 19.6 Å². The summed E-state index contributed by atoms with van der Waals surface area (Å²) >= 11 is 0. The second-order valence-corrected chi connectivity index (χ2v) is 13.4. The summed E-state index contributed by atoms with van der Waals surface area (Å²) in [6, 6.07) is 2.53. The third-order valence-electron chi connectivity index (χ3n) is 6.81. The molecule has 2 aromatic rings. The standard InChI is InChI=1S/C28H34F2N6O2S/c1-17-7-8-20(15-24(17)35-39(37,38)28(3,4)5)32-26-18(2)16-31-27(34-26)33-21-13-22(29)25(23(30)14-21)19-9-11-36(6)12-10-19/h13-16,19,35H,9-12H2,1-6H3,(H2,31,32,33,34). The molecule has 0 bridgehead atoms. The Kier molecular flexibility index (Phi) is 8.00. The second-order valence-electron chi connectivity index (χ2n) is 11.0. The number of hydrogen-bond acceptors (Lipinski definition) is 7. The molecule has 2 heterocycles. The Morgan fingerprint density at radius 1 is 1.05 bits per heavy atom. The number of anilines is 3.